The number of carbonyl (C=O) groups excluding carboxylic acids is 1. The topological polar surface area (TPSA) is 118 Å². The van der Waals surface area contributed by atoms with E-state index in [9.17, 15) is 4.79 Å². The fourth-order valence-corrected chi connectivity index (χ4v) is 2.73. The molecular weight excluding hydrogens is 280 g/mol. The van der Waals surface area contributed by atoms with E-state index in [0.717, 1.165) is 37.2 Å². The number of rotatable bonds is 5. The maximum atomic E-state index is 12.3. The molecule has 0 radical (unpaired) electrons. The average molecular weight is 304 g/mol. The molecule has 1 amide bonds. The molecule has 7 nitrogen and oxygen atoms in total. The largest absolute Gasteiger partial charge is 0.373 e. The van der Waals surface area contributed by atoms with Crippen molar-refractivity contribution in [1.82, 2.24) is 4.98 Å². The highest BCUT2D eigenvalue weighted by atomic mass is 16.1. The molecule has 0 spiro atoms. The third-order valence-corrected chi connectivity index (χ3v) is 4.03. The van der Waals surface area contributed by atoms with Crippen molar-refractivity contribution in [2.75, 3.05) is 24.2 Å². The first-order chi connectivity index (χ1) is 10.6. The summed E-state index contributed by atoms with van der Waals surface area (Å²) in [6, 6.07) is 3.62. The van der Waals surface area contributed by atoms with Gasteiger partial charge in [0.1, 0.15) is 5.82 Å². The van der Waals surface area contributed by atoms with Crippen LogP contribution in [0.15, 0.2) is 23.3 Å². The van der Waals surface area contributed by atoms with Crippen molar-refractivity contribution >= 4 is 23.4 Å². The standard InChI is InChI=1S/C15H24N6O/c1-18-13-8-12(6-7-19-13)21-14(22)11-4-2-10(3-5-11)9-20-15(16)17/h6-8,10-11H,2-5,9H2,1H3,(H4,16,17,20)(H2,18,19,21,22). The predicted molar refractivity (Wildman–Crippen MR) is 88.5 cm³/mol. The van der Waals surface area contributed by atoms with Gasteiger partial charge in [-0.05, 0) is 37.7 Å². The molecule has 2 rings (SSSR count). The van der Waals surface area contributed by atoms with Gasteiger partial charge in [-0.1, -0.05) is 0 Å². The number of nitrogens with one attached hydrogen (secondary N) is 2. The Bertz CT molecular complexity index is 533. The van der Waals surface area contributed by atoms with Gasteiger partial charge in [0, 0.05) is 37.5 Å². The zero-order valence-electron chi connectivity index (χ0n) is 12.9. The number of carbonyl (C=O) groups is 1. The molecule has 1 saturated carbocycles. The zero-order chi connectivity index (χ0) is 15.9. The second-order valence-corrected chi connectivity index (χ2v) is 5.65. The van der Waals surface area contributed by atoms with Crippen molar-refractivity contribution in [2.45, 2.75) is 25.7 Å². The molecule has 0 atom stereocenters. The van der Waals surface area contributed by atoms with Crippen LogP contribution in [0.4, 0.5) is 11.5 Å². The molecule has 0 aromatic carbocycles. The van der Waals surface area contributed by atoms with Crippen LogP contribution < -0.4 is 22.1 Å². The van der Waals surface area contributed by atoms with Crippen molar-refractivity contribution in [2.24, 2.45) is 28.3 Å². The monoisotopic (exact) mass is 304 g/mol. The number of guanidine groups is 1. The fourth-order valence-electron chi connectivity index (χ4n) is 2.73. The molecule has 1 aromatic rings. The second kappa shape index (κ2) is 7.63. The first-order valence-electron chi connectivity index (χ1n) is 7.58. The van der Waals surface area contributed by atoms with Crippen molar-refractivity contribution in [1.29, 1.82) is 0 Å². The summed E-state index contributed by atoms with van der Waals surface area (Å²) in [5, 5.41) is 5.92. The summed E-state index contributed by atoms with van der Waals surface area (Å²) in [6.07, 6.45) is 5.38. The Morgan fingerprint density at radius 2 is 2.09 bits per heavy atom. The molecule has 1 aliphatic rings. The summed E-state index contributed by atoms with van der Waals surface area (Å²) < 4.78 is 0. The molecule has 1 fully saturated rings. The molecule has 1 aliphatic carbocycles. The number of pyridine rings is 1. The van der Waals surface area contributed by atoms with E-state index in [1.54, 1.807) is 19.3 Å². The van der Waals surface area contributed by atoms with E-state index in [0.29, 0.717) is 12.5 Å². The lowest BCUT2D eigenvalue weighted by atomic mass is 9.81. The van der Waals surface area contributed by atoms with Gasteiger partial charge >= 0.3 is 0 Å². The van der Waals surface area contributed by atoms with Crippen LogP contribution in [0.2, 0.25) is 0 Å². The summed E-state index contributed by atoms with van der Waals surface area (Å²) >= 11 is 0. The Kier molecular flexibility index (Phi) is 5.57. The molecule has 0 unspecified atom stereocenters. The first kappa shape index (κ1) is 16.1. The number of aromatic nitrogens is 1. The maximum Gasteiger partial charge on any atom is 0.227 e. The van der Waals surface area contributed by atoms with Crippen LogP contribution in [0.1, 0.15) is 25.7 Å². The van der Waals surface area contributed by atoms with Crippen molar-refractivity contribution in [3.8, 4) is 0 Å². The molecule has 0 aliphatic heterocycles. The van der Waals surface area contributed by atoms with Crippen molar-refractivity contribution in [3.63, 3.8) is 0 Å². The Labute approximate surface area is 130 Å². The van der Waals surface area contributed by atoms with Gasteiger partial charge in [0.05, 0.1) is 0 Å². The molecule has 7 heteroatoms. The van der Waals surface area contributed by atoms with Gasteiger partial charge < -0.3 is 22.1 Å². The lowest BCUT2D eigenvalue weighted by Crippen LogP contribution is -2.29. The number of hydrogen-bond donors (Lipinski definition) is 4. The Balaban J connectivity index is 1.83. The van der Waals surface area contributed by atoms with E-state index in [4.69, 9.17) is 11.5 Å². The van der Waals surface area contributed by atoms with E-state index in [-0.39, 0.29) is 17.8 Å². The zero-order valence-corrected chi connectivity index (χ0v) is 12.9. The number of nitrogens with zero attached hydrogens (tertiary/aromatic N) is 2. The highest BCUT2D eigenvalue weighted by Gasteiger charge is 2.26. The normalized spacial score (nSPS) is 21.0. The van der Waals surface area contributed by atoms with Gasteiger partial charge in [-0.15, -0.1) is 0 Å². The van der Waals surface area contributed by atoms with Crippen LogP contribution in [0.25, 0.3) is 0 Å². The molecule has 1 heterocycles. The highest BCUT2D eigenvalue weighted by molar-refractivity contribution is 5.92. The van der Waals surface area contributed by atoms with Crippen LogP contribution in [0.3, 0.4) is 0 Å². The average Bonchev–Trinajstić information content (AvgIpc) is 2.53. The molecule has 6 N–H and O–H groups in total. The molecule has 0 bridgehead atoms. The van der Waals surface area contributed by atoms with Crippen LogP contribution in [-0.2, 0) is 4.79 Å². The Hall–Kier alpha value is -2.31. The number of anilines is 2. The van der Waals surface area contributed by atoms with Gasteiger partial charge in [-0.3, -0.25) is 9.79 Å². The Morgan fingerprint density at radius 3 is 2.73 bits per heavy atom. The number of amides is 1. The maximum absolute atomic E-state index is 12.3. The Morgan fingerprint density at radius 1 is 1.36 bits per heavy atom. The summed E-state index contributed by atoms with van der Waals surface area (Å²) in [6.45, 7) is 0.659. The first-order valence-corrected chi connectivity index (χ1v) is 7.58. The summed E-state index contributed by atoms with van der Waals surface area (Å²) in [5.74, 6) is 1.48. The smallest absolute Gasteiger partial charge is 0.227 e. The molecule has 22 heavy (non-hydrogen) atoms. The van der Waals surface area contributed by atoms with Crippen LogP contribution in [0.5, 0.6) is 0 Å². The van der Waals surface area contributed by atoms with E-state index >= 15 is 0 Å². The molecule has 0 saturated heterocycles. The minimum absolute atomic E-state index is 0.0571. The van der Waals surface area contributed by atoms with E-state index in [1.165, 1.54) is 0 Å². The minimum atomic E-state index is 0.0571. The second-order valence-electron chi connectivity index (χ2n) is 5.65. The van der Waals surface area contributed by atoms with Crippen molar-refractivity contribution in [3.05, 3.63) is 18.3 Å². The van der Waals surface area contributed by atoms with Gasteiger partial charge in [0.2, 0.25) is 5.91 Å². The van der Waals surface area contributed by atoms with E-state index < -0.39 is 0 Å². The molecule has 1 aromatic heterocycles. The van der Waals surface area contributed by atoms with E-state index in [1.807, 2.05) is 6.07 Å². The highest BCUT2D eigenvalue weighted by Crippen LogP contribution is 2.30. The predicted octanol–water partition coefficient (Wildman–Crippen LogP) is 1.14. The SMILES string of the molecule is CNc1cc(NC(=O)C2CCC(CN=C(N)N)CC2)ccn1. The lowest BCUT2D eigenvalue weighted by Gasteiger charge is -2.26. The number of hydrogen-bond acceptors (Lipinski definition) is 4. The molecule has 120 valence electrons. The van der Waals surface area contributed by atoms with Gasteiger partial charge in [-0.2, -0.15) is 0 Å². The third-order valence-electron chi connectivity index (χ3n) is 4.03. The summed E-state index contributed by atoms with van der Waals surface area (Å²) in [4.78, 5) is 20.5. The van der Waals surface area contributed by atoms with Gasteiger partial charge in [0.15, 0.2) is 5.96 Å². The van der Waals surface area contributed by atoms with Gasteiger partial charge in [0.25, 0.3) is 0 Å². The molecular formula is C15H24N6O. The van der Waals surface area contributed by atoms with E-state index in [2.05, 4.69) is 20.6 Å². The third kappa shape index (κ3) is 4.61. The van der Waals surface area contributed by atoms with Crippen molar-refractivity contribution < 1.29 is 4.79 Å². The fraction of sp³-hybridized carbons (Fsp3) is 0.533. The number of nitrogens with two attached hydrogens (primary N) is 2. The van der Waals surface area contributed by atoms with Crippen LogP contribution >= 0.6 is 0 Å². The number of aliphatic imine (C=N–C) groups is 1. The van der Waals surface area contributed by atoms with Gasteiger partial charge in [-0.25, -0.2) is 4.98 Å². The van der Waals surface area contributed by atoms with Crippen LogP contribution in [-0.4, -0.2) is 30.4 Å². The van der Waals surface area contributed by atoms with Crippen LogP contribution in [0, 0.1) is 11.8 Å². The lowest BCUT2D eigenvalue weighted by molar-refractivity contribution is -0.121. The minimum Gasteiger partial charge on any atom is -0.373 e. The summed E-state index contributed by atoms with van der Waals surface area (Å²) in [5.41, 5.74) is 11.5. The quantitative estimate of drug-likeness (QED) is 0.480. The summed E-state index contributed by atoms with van der Waals surface area (Å²) in [7, 11) is 1.80.